The molecule has 2 amide bonds. The summed E-state index contributed by atoms with van der Waals surface area (Å²) in [4.78, 5) is 42.0. The number of amides is 2. The van der Waals surface area contributed by atoms with Gasteiger partial charge in [0.05, 0.1) is 10.9 Å². The maximum atomic E-state index is 12.3. The number of rotatable bonds is 5. The monoisotopic (exact) mass is 350 g/mol. The van der Waals surface area contributed by atoms with E-state index in [9.17, 15) is 14.4 Å². The molecule has 0 aliphatic rings. The summed E-state index contributed by atoms with van der Waals surface area (Å²) >= 11 is 0. The van der Waals surface area contributed by atoms with Crippen molar-refractivity contribution in [1.82, 2.24) is 20.6 Å². The fourth-order valence-electron chi connectivity index (χ4n) is 2.54. The lowest BCUT2D eigenvalue weighted by Crippen LogP contribution is -2.27. The first-order chi connectivity index (χ1) is 12.5. The minimum absolute atomic E-state index is 0.0249. The summed E-state index contributed by atoms with van der Waals surface area (Å²) in [5.74, 6) is -0.585. The number of carbonyl (C=O) groups excluding carboxylic acids is 2. The molecule has 0 aliphatic heterocycles. The molecule has 3 N–H and O–H groups in total. The molecular weight excluding hydrogens is 332 g/mol. The summed E-state index contributed by atoms with van der Waals surface area (Å²) in [5, 5.41) is 5.91. The highest BCUT2D eigenvalue weighted by Gasteiger charge is 2.11. The van der Waals surface area contributed by atoms with Crippen molar-refractivity contribution in [1.29, 1.82) is 0 Å². The molecule has 7 heteroatoms. The molecule has 3 rings (SSSR count). The fraction of sp³-hybridized carbons (Fsp3) is 0.158. The van der Waals surface area contributed by atoms with Crippen molar-refractivity contribution >= 4 is 22.7 Å². The standard InChI is InChI=1S/C19H18N4O3/c1-12(24)20-10-13-5-4-6-14(9-13)11-21-19(26)17-22-16-8-3-2-7-15(16)18(25)23-17/h2-9H,10-11H2,1H3,(H,20,24)(H,21,26)(H,22,23,25). The van der Waals surface area contributed by atoms with Crippen LogP contribution in [-0.2, 0) is 17.9 Å². The van der Waals surface area contributed by atoms with Gasteiger partial charge in [-0.3, -0.25) is 14.4 Å². The number of carbonyl (C=O) groups is 2. The van der Waals surface area contributed by atoms with Gasteiger partial charge in [-0.05, 0) is 23.3 Å². The van der Waals surface area contributed by atoms with Gasteiger partial charge in [0, 0.05) is 20.0 Å². The van der Waals surface area contributed by atoms with Crippen LogP contribution in [0.1, 0.15) is 28.7 Å². The number of nitrogens with one attached hydrogen (secondary N) is 3. The molecule has 1 heterocycles. The van der Waals surface area contributed by atoms with Gasteiger partial charge in [-0.1, -0.05) is 36.4 Å². The molecule has 0 radical (unpaired) electrons. The summed E-state index contributed by atoms with van der Waals surface area (Å²) in [5.41, 5.74) is 1.94. The van der Waals surface area contributed by atoms with E-state index in [0.717, 1.165) is 11.1 Å². The average molecular weight is 350 g/mol. The number of aromatic amines is 1. The first-order valence-electron chi connectivity index (χ1n) is 8.12. The number of benzene rings is 2. The van der Waals surface area contributed by atoms with Crippen LogP contribution in [0.4, 0.5) is 0 Å². The number of para-hydroxylation sites is 1. The molecule has 3 aromatic rings. The van der Waals surface area contributed by atoms with Gasteiger partial charge >= 0.3 is 0 Å². The molecule has 2 aromatic carbocycles. The Labute approximate surface area is 149 Å². The van der Waals surface area contributed by atoms with Crippen LogP contribution in [-0.4, -0.2) is 21.8 Å². The summed E-state index contributed by atoms with van der Waals surface area (Å²) in [7, 11) is 0. The van der Waals surface area contributed by atoms with Crippen molar-refractivity contribution in [2.45, 2.75) is 20.0 Å². The summed E-state index contributed by atoms with van der Waals surface area (Å²) in [6.45, 7) is 2.17. The molecule has 0 aliphatic carbocycles. The van der Waals surface area contributed by atoms with Gasteiger partial charge in [-0.15, -0.1) is 0 Å². The molecule has 0 saturated carbocycles. The molecule has 0 bridgehead atoms. The van der Waals surface area contributed by atoms with Gasteiger partial charge in [0.2, 0.25) is 5.91 Å². The van der Waals surface area contributed by atoms with E-state index >= 15 is 0 Å². The molecule has 7 nitrogen and oxygen atoms in total. The van der Waals surface area contributed by atoms with Crippen LogP contribution >= 0.6 is 0 Å². The van der Waals surface area contributed by atoms with E-state index in [0.29, 0.717) is 17.4 Å². The van der Waals surface area contributed by atoms with E-state index in [2.05, 4.69) is 20.6 Å². The van der Waals surface area contributed by atoms with Gasteiger partial charge < -0.3 is 15.6 Å². The topological polar surface area (TPSA) is 104 Å². The Hall–Kier alpha value is -3.48. The highest BCUT2D eigenvalue weighted by atomic mass is 16.2. The molecule has 132 valence electrons. The Morgan fingerprint density at radius 2 is 1.69 bits per heavy atom. The second-order valence-corrected chi connectivity index (χ2v) is 5.84. The van der Waals surface area contributed by atoms with Crippen LogP contribution in [0.25, 0.3) is 10.9 Å². The summed E-state index contributed by atoms with van der Waals surface area (Å²) in [6.07, 6.45) is 0. The lowest BCUT2D eigenvalue weighted by atomic mass is 10.1. The van der Waals surface area contributed by atoms with Crippen molar-refractivity contribution in [2.75, 3.05) is 0 Å². The SMILES string of the molecule is CC(=O)NCc1cccc(CNC(=O)c2nc3ccccc3c(=O)[nH]2)c1. The molecule has 0 fully saturated rings. The number of hydrogen-bond acceptors (Lipinski definition) is 4. The van der Waals surface area contributed by atoms with E-state index in [1.165, 1.54) is 6.92 Å². The quantitative estimate of drug-likeness (QED) is 0.648. The molecule has 0 spiro atoms. The zero-order valence-corrected chi connectivity index (χ0v) is 14.2. The van der Waals surface area contributed by atoms with Crippen LogP contribution < -0.4 is 16.2 Å². The first-order valence-corrected chi connectivity index (χ1v) is 8.12. The number of nitrogens with zero attached hydrogens (tertiary/aromatic N) is 1. The average Bonchev–Trinajstić information content (AvgIpc) is 2.65. The number of aromatic nitrogens is 2. The van der Waals surface area contributed by atoms with Gasteiger partial charge in [0.1, 0.15) is 0 Å². The van der Waals surface area contributed by atoms with Gasteiger partial charge in [-0.25, -0.2) is 4.98 Å². The molecular formula is C19H18N4O3. The number of hydrogen-bond donors (Lipinski definition) is 3. The lowest BCUT2D eigenvalue weighted by Gasteiger charge is -2.08. The third kappa shape index (κ3) is 4.13. The van der Waals surface area contributed by atoms with Crippen molar-refractivity contribution in [2.24, 2.45) is 0 Å². The second kappa shape index (κ2) is 7.60. The highest BCUT2D eigenvalue weighted by Crippen LogP contribution is 2.07. The van der Waals surface area contributed by atoms with E-state index in [1.807, 2.05) is 24.3 Å². The minimum Gasteiger partial charge on any atom is -0.352 e. The maximum absolute atomic E-state index is 12.3. The van der Waals surface area contributed by atoms with Crippen LogP contribution in [0, 0.1) is 0 Å². The van der Waals surface area contributed by atoms with Crippen LogP contribution in [0.15, 0.2) is 53.3 Å². The zero-order valence-electron chi connectivity index (χ0n) is 14.2. The smallest absolute Gasteiger partial charge is 0.287 e. The summed E-state index contributed by atoms with van der Waals surface area (Å²) < 4.78 is 0. The van der Waals surface area contributed by atoms with Gasteiger partial charge in [0.15, 0.2) is 5.82 Å². The van der Waals surface area contributed by atoms with E-state index < -0.39 is 5.91 Å². The summed E-state index contributed by atoms with van der Waals surface area (Å²) in [6, 6.07) is 14.4. The van der Waals surface area contributed by atoms with Gasteiger partial charge in [0.25, 0.3) is 11.5 Å². The Morgan fingerprint density at radius 1 is 1.00 bits per heavy atom. The largest absolute Gasteiger partial charge is 0.352 e. The second-order valence-electron chi connectivity index (χ2n) is 5.84. The third-order valence-electron chi connectivity index (χ3n) is 3.81. The predicted octanol–water partition coefficient (Wildman–Crippen LogP) is 1.49. The van der Waals surface area contributed by atoms with Crippen molar-refractivity contribution in [3.05, 3.63) is 75.8 Å². The van der Waals surface area contributed by atoms with Gasteiger partial charge in [-0.2, -0.15) is 0 Å². The Balaban J connectivity index is 1.70. The zero-order chi connectivity index (χ0) is 18.5. The molecule has 0 atom stereocenters. The van der Waals surface area contributed by atoms with Crippen molar-refractivity contribution < 1.29 is 9.59 Å². The molecule has 1 aromatic heterocycles. The van der Waals surface area contributed by atoms with Crippen LogP contribution in [0.3, 0.4) is 0 Å². The predicted molar refractivity (Wildman–Crippen MR) is 97.5 cm³/mol. The van der Waals surface area contributed by atoms with E-state index in [-0.39, 0.29) is 23.8 Å². The molecule has 26 heavy (non-hydrogen) atoms. The minimum atomic E-state index is -0.458. The molecule has 0 unspecified atom stereocenters. The Morgan fingerprint density at radius 3 is 2.42 bits per heavy atom. The maximum Gasteiger partial charge on any atom is 0.287 e. The van der Waals surface area contributed by atoms with Crippen molar-refractivity contribution in [3.8, 4) is 0 Å². The Bertz CT molecular complexity index is 1030. The van der Waals surface area contributed by atoms with Crippen LogP contribution in [0.5, 0.6) is 0 Å². The molecule has 0 saturated heterocycles. The number of fused-ring (bicyclic) bond motifs is 1. The lowest BCUT2D eigenvalue weighted by molar-refractivity contribution is -0.119. The fourth-order valence-corrected chi connectivity index (χ4v) is 2.54. The number of H-pyrrole nitrogens is 1. The van der Waals surface area contributed by atoms with E-state index in [4.69, 9.17) is 0 Å². The normalized spacial score (nSPS) is 10.5. The van der Waals surface area contributed by atoms with E-state index in [1.54, 1.807) is 24.3 Å². The Kier molecular flexibility index (Phi) is 5.07. The first kappa shape index (κ1) is 17.3. The van der Waals surface area contributed by atoms with Crippen molar-refractivity contribution in [3.63, 3.8) is 0 Å². The highest BCUT2D eigenvalue weighted by molar-refractivity contribution is 5.92. The third-order valence-corrected chi connectivity index (χ3v) is 3.81. The van der Waals surface area contributed by atoms with Crippen LogP contribution in [0.2, 0.25) is 0 Å².